The number of pyridine rings is 1. The minimum absolute atomic E-state index is 0.126. The molecular formula is C10H7FN2OS. The van der Waals surface area contributed by atoms with Gasteiger partial charge in [0.25, 0.3) is 0 Å². The van der Waals surface area contributed by atoms with Gasteiger partial charge in [-0.1, -0.05) is 0 Å². The van der Waals surface area contributed by atoms with E-state index in [1.54, 1.807) is 11.7 Å². The Hall–Kier alpha value is -1.62. The molecule has 0 spiro atoms. The van der Waals surface area contributed by atoms with Crippen LogP contribution in [0, 0.1) is 5.82 Å². The van der Waals surface area contributed by atoms with Gasteiger partial charge >= 0.3 is 0 Å². The molecule has 5 heteroatoms. The Bertz CT molecular complexity index is 453. The summed E-state index contributed by atoms with van der Waals surface area (Å²) in [5, 5.41) is 0. The second-order valence-corrected chi connectivity index (χ2v) is 3.90. The van der Waals surface area contributed by atoms with Crippen molar-refractivity contribution < 1.29 is 9.18 Å². The predicted molar refractivity (Wildman–Crippen MR) is 54.3 cm³/mol. The molecular weight excluding hydrogens is 215 g/mol. The first-order valence-electron chi connectivity index (χ1n) is 4.28. The van der Waals surface area contributed by atoms with Gasteiger partial charge in [0, 0.05) is 17.5 Å². The highest BCUT2D eigenvalue weighted by molar-refractivity contribution is 7.09. The van der Waals surface area contributed by atoms with E-state index in [9.17, 15) is 9.18 Å². The third-order valence-corrected chi connectivity index (χ3v) is 2.61. The highest BCUT2D eigenvalue weighted by atomic mass is 32.1. The maximum Gasteiger partial charge on any atom is 0.186 e. The summed E-state index contributed by atoms with van der Waals surface area (Å²) in [6.07, 6.45) is 2.95. The third-order valence-electron chi connectivity index (χ3n) is 1.83. The van der Waals surface area contributed by atoms with Crippen LogP contribution in [0.15, 0.2) is 30.0 Å². The fourth-order valence-corrected chi connectivity index (χ4v) is 1.71. The second kappa shape index (κ2) is 4.27. The molecule has 0 bridgehead atoms. The van der Waals surface area contributed by atoms with Crippen molar-refractivity contribution in [1.29, 1.82) is 0 Å². The standard InChI is InChI=1S/C10H7FN2OS/c11-7-1-2-9(13-4-7)10(14)3-8-5-12-6-15-8/h1-2,4-6H,3H2. The van der Waals surface area contributed by atoms with Crippen molar-refractivity contribution in [2.45, 2.75) is 6.42 Å². The number of halogens is 1. The van der Waals surface area contributed by atoms with E-state index in [4.69, 9.17) is 0 Å². The molecule has 15 heavy (non-hydrogen) atoms. The minimum atomic E-state index is -0.440. The van der Waals surface area contributed by atoms with E-state index in [1.165, 1.54) is 23.5 Å². The third kappa shape index (κ3) is 2.44. The van der Waals surface area contributed by atoms with Gasteiger partial charge in [-0.15, -0.1) is 11.3 Å². The number of aromatic nitrogens is 2. The number of carbonyl (C=O) groups is 1. The maximum atomic E-state index is 12.5. The number of hydrogen-bond donors (Lipinski definition) is 0. The van der Waals surface area contributed by atoms with Crippen molar-refractivity contribution in [1.82, 2.24) is 9.97 Å². The molecule has 0 saturated carbocycles. The smallest absolute Gasteiger partial charge is 0.186 e. The van der Waals surface area contributed by atoms with Crippen molar-refractivity contribution >= 4 is 17.1 Å². The van der Waals surface area contributed by atoms with Crippen LogP contribution < -0.4 is 0 Å². The van der Waals surface area contributed by atoms with Crippen LogP contribution in [0.1, 0.15) is 15.4 Å². The summed E-state index contributed by atoms with van der Waals surface area (Å²) in [4.78, 5) is 20.1. The molecule has 2 rings (SSSR count). The largest absolute Gasteiger partial charge is 0.292 e. The zero-order chi connectivity index (χ0) is 10.7. The number of thiazole rings is 1. The minimum Gasteiger partial charge on any atom is -0.292 e. The van der Waals surface area contributed by atoms with E-state index < -0.39 is 5.82 Å². The van der Waals surface area contributed by atoms with Gasteiger partial charge in [0.2, 0.25) is 0 Å². The Morgan fingerprint density at radius 3 is 2.87 bits per heavy atom. The van der Waals surface area contributed by atoms with Crippen LogP contribution >= 0.6 is 11.3 Å². The van der Waals surface area contributed by atoms with Crippen LogP contribution in [-0.2, 0) is 6.42 Å². The lowest BCUT2D eigenvalue weighted by atomic mass is 10.2. The first kappa shape index (κ1) is 9.92. The van der Waals surface area contributed by atoms with E-state index in [0.29, 0.717) is 0 Å². The Kier molecular flexibility index (Phi) is 2.82. The van der Waals surface area contributed by atoms with E-state index >= 15 is 0 Å². The molecule has 0 saturated heterocycles. The number of hydrogen-bond acceptors (Lipinski definition) is 4. The summed E-state index contributed by atoms with van der Waals surface area (Å²) in [6, 6.07) is 2.62. The molecule has 0 aromatic carbocycles. The van der Waals surface area contributed by atoms with Crippen LogP contribution in [0.2, 0.25) is 0 Å². The molecule has 0 aliphatic carbocycles. The topological polar surface area (TPSA) is 42.9 Å². The van der Waals surface area contributed by atoms with Gasteiger partial charge in [-0.3, -0.25) is 14.8 Å². The van der Waals surface area contributed by atoms with Gasteiger partial charge in [-0.05, 0) is 12.1 Å². The summed E-state index contributed by atoms with van der Waals surface area (Å²) in [5.74, 6) is -0.566. The van der Waals surface area contributed by atoms with Crippen LogP contribution in [0.5, 0.6) is 0 Å². The molecule has 76 valence electrons. The van der Waals surface area contributed by atoms with E-state index in [1.807, 2.05) is 0 Å². The molecule has 3 nitrogen and oxygen atoms in total. The number of Topliss-reactive ketones (excluding diaryl/α,β-unsaturated/α-hetero) is 1. The summed E-state index contributed by atoms with van der Waals surface area (Å²) >= 11 is 1.42. The Morgan fingerprint density at radius 2 is 2.27 bits per heavy atom. The van der Waals surface area contributed by atoms with E-state index in [-0.39, 0.29) is 17.9 Å². The van der Waals surface area contributed by atoms with Gasteiger partial charge < -0.3 is 0 Å². The van der Waals surface area contributed by atoms with Crippen molar-refractivity contribution in [3.8, 4) is 0 Å². The Labute approximate surface area is 89.6 Å². The van der Waals surface area contributed by atoms with Gasteiger partial charge in [-0.25, -0.2) is 4.39 Å². The first-order chi connectivity index (χ1) is 7.25. The number of carbonyl (C=O) groups excluding carboxylic acids is 1. The summed E-state index contributed by atoms with van der Waals surface area (Å²) < 4.78 is 12.5. The fraction of sp³-hybridized carbons (Fsp3) is 0.100. The molecule has 0 radical (unpaired) electrons. The monoisotopic (exact) mass is 222 g/mol. The van der Waals surface area contributed by atoms with Crippen LogP contribution in [0.25, 0.3) is 0 Å². The Morgan fingerprint density at radius 1 is 1.40 bits per heavy atom. The molecule has 0 amide bonds. The second-order valence-electron chi connectivity index (χ2n) is 2.93. The molecule has 2 aromatic heterocycles. The summed E-state index contributed by atoms with van der Waals surface area (Å²) in [5.41, 5.74) is 1.95. The average Bonchev–Trinajstić information content (AvgIpc) is 2.71. The number of nitrogens with zero attached hydrogens (tertiary/aromatic N) is 2. The van der Waals surface area contributed by atoms with Gasteiger partial charge in [0.1, 0.15) is 11.5 Å². The Balaban J connectivity index is 2.11. The molecule has 0 fully saturated rings. The average molecular weight is 222 g/mol. The lowest BCUT2D eigenvalue weighted by molar-refractivity contribution is 0.0989. The molecule has 2 aromatic rings. The summed E-state index contributed by atoms with van der Waals surface area (Å²) in [6.45, 7) is 0. The molecule has 0 unspecified atom stereocenters. The summed E-state index contributed by atoms with van der Waals surface area (Å²) in [7, 11) is 0. The fourth-order valence-electron chi connectivity index (χ4n) is 1.12. The van der Waals surface area contributed by atoms with Gasteiger partial charge in [-0.2, -0.15) is 0 Å². The predicted octanol–water partition coefficient (Wildman–Crippen LogP) is 2.10. The van der Waals surface area contributed by atoms with Crippen molar-refractivity contribution in [2.24, 2.45) is 0 Å². The van der Waals surface area contributed by atoms with Crippen LogP contribution in [0.4, 0.5) is 4.39 Å². The molecule has 2 heterocycles. The number of rotatable bonds is 3. The molecule has 0 aliphatic rings. The number of ketones is 1. The normalized spacial score (nSPS) is 10.2. The van der Waals surface area contributed by atoms with Crippen molar-refractivity contribution in [3.05, 3.63) is 46.4 Å². The van der Waals surface area contributed by atoms with E-state index in [2.05, 4.69) is 9.97 Å². The molecule has 0 atom stereocenters. The lowest BCUT2D eigenvalue weighted by Gasteiger charge is -1.97. The molecule has 0 aliphatic heterocycles. The van der Waals surface area contributed by atoms with Gasteiger partial charge in [0.15, 0.2) is 5.78 Å². The van der Waals surface area contributed by atoms with E-state index in [0.717, 1.165) is 11.1 Å². The zero-order valence-corrected chi connectivity index (χ0v) is 8.50. The SMILES string of the molecule is O=C(Cc1cncs1)c1ccc(F)cn1. The highest BCUT2D eigenvalue weighted by Gasteiger charge is 2.09. The van der Waals surface area contributed by atoms with Crippen molar-refractivity contribution in [2.75, 3.05) is 0 Å². The lowest BCUT2D eigenvalue weighted by Crippen LogP contribution is -2.04. The maximum absolute atomic E-state index is 12.5. The molecule has 0 N–H and O–H groups in total. The van der Waals surface area contributed by atoms with Crippen LogP contribution in [-0.4, -0.2) is 15.8 Å². The zero-order valence-electron chi connectivity index (χ0n) is 7.68. The first-order valence-corrected chi connectivity index (χ1v) is 5.16. The quantitative estimate of drug-likeness (QED) is 0.747. The highest BCUT2D eigenvalue weighted by Crippen LogP contribution is 2.09. The van der Waals surface area contributed by atoms with Crippen molar-refractivity contribution in [3.63, 3.8) is 0 Å². The van der Waals surface area contributed by atoms with Crippen LogP contribution in [0.3, 0.4) is 0 Å². The van der Waals surface area contributed by atoms with Gasteiger partial charge in [0.05, 0.1) is 11.7 Å².